The normalized spacial score (nSPS) is 18.8. The quantitative estimate of drug-likeness (QED) is 0.792. The van der Waals surface area contributed by atoms with E-state index in [4.69, 9.17) is 28.9 Å². The molecule has 0 spiro atoms. The molecule has 0 amide bonds. The summed E-state index contributed by atoms with van der Waals surface area (Å²) in [5.41, 5.74) is 7.33. The van der Waals surface area contributed by atoms with E-state index in [1.807, 2.05) is 18.2 Å². The lowest BCUT2D eigenvalue weighted by Gasteiger charge is -2.23. The fraction of sp³-hybridized carbons (Fsp3) is 0.600. The molecule has 1 aromatic carbocycles. The third-order valence-corrected chi connectivity index (χ3v) is 4.72. The van der Waals surface area contributed by atoms with E-state index >= 15 is 0 Å². The van der Waals surface area contributed by atoms with E-state index in [1.165, 1.54) is 38.5 Å². The molecule has 0 bridgehead atoms. The van der Waals surface area contributed by atoms with Gasteiger partial charge in [0.2, 0.25) is 0 Å². The summed E-state index contributed by atoms with van der Waals surface area (Å²) in [6.45, 7) is 0. The van der Waals surface area contributed by atoms with Crippen LogP contribution in [0.5, 0.6) is 0 Å². The number of hydrogen-bond acceptors (Lipinski definition) is 1. The molecule has 0 aliphatic heterocycles. The Hall–Kier alpha value is -0.240. The molecule has 1 aliphatic carbocycles. The van der Waals surface area contributed by atoms with Crippen LogP contribution in [0.25, 0.3) is 0 Å². The Morgan fingerprint density at radius 2 is 1.83 bits per heavy atom. The highest BCUT2D eigenvalue weighted by atomic mass is 35.5. The first-order chi connectivity index (χ1) is 8.66. The monoisotopic (exact) mass is 285 g/mol. The molecule has 3 heteroatoms. The van der Waals surface area contributed by atoms with Gasteiger partial charge in [0.05, 0.1) is 10.0 Å². The molecule has 2 N–H and O–H groups in total. The van der Waals surface area contributed by atoms with Crippen LogP contribution in [0.15, 0.2) is 18.2 Å². The third-order valence-electron chi connectivity index (χ3n) is 3.98. The summed E-state index contributed by atoms with van der Waals surface area (Å²) in [4.78, 5) is 0. The van der Waals surface area contributed by atoms with Gasteiger partial charge in [0, 0.05) is 6.04 Å². The summed E-state index contributed by atoms with van der Waals surface area (Å²) in [6, 6.07) is 5.80. The maximum absolute atomic E-state index is 6.23. The summed E-state index contributed by atoms with van der Waals surface area (Å²) in [5, 5.41) is 1.20. The van der Waals surface area contributed by atoms with Gasteiger partial charge in [0.15, 0.2) is 0 Å². The fourth-order valence-corrected chi connectivity index (χ4v) is 3.11. The summed E-state index contributed by atoms with van der Waals surface area (Å²) >= 11 is 11.9. The number of halogens is 2. The van der Waals surface area contributed by atoms with Gasteiger partial charge in [-0.2, -0.15) is 0 Å². The maximum Gasteiger partial charge on any atom is 0.0595 e. The molecular weight excluding hydrogens is 265 g/mol. The van der Waals surface area contributed by atoms with Crippen LogP contribution in [-0.4, -0.2) is 0 Å². The number of rotatable bonds is 4. The van der Waals surface area contributed by atoms with Crippen molar-refractivity contribution >= 4 is 23.2 Å². The Balaban J connectivity index is 1.86. The van der Waals surface area contributed by atoms with E-state index in [9.17, 15) is 0 Å². The third kappa shape index (κ3) is 3.88. The van der Waals surface area contributed by atoms with Crippen molar-refractivity contribution in [3.63, 3.8) is 0 Å². The zero-order valence-corrected chi connectivity index (χ0v) is 12.2. The standard InChI is InChI=1S/C15H21Cl2N/c16-13-8-7-12(10-14(13)17)15(18)9-6-11-4-2-1-3-5-11/h7-8,10-11,15H,1-6,9,18H2. The SMILES string of the molecule is NC(CCC1CCCCC1)c1ccc(Cl)c(Cl)c1. The molecule has 1 nitrogen and oxygen atoms in total. The Labute approximate surface area is 120 Å². The molecule has 18 heavy (non-hydrogen) atoms. The molecule has 100 valence electrons. The van der Waals surface area contributed by atoms with Crippen molar-refractivity contribution in [1.29, 1.82) is 0 Å². The first kappa shape index (κ1) is 14.2. The molecule has 0 radical (unpaired) electrons. The Morgan fingerprint density at radius 3 is 2.50 bits per heavy atom. The summed E-state index contributed by atoms with van der Waals surface area (Å²) in [5.74, 6) is 0.882. The van der Waals surface area contributed by atoms with Crippen LogP contribution >= 0.6 is 23.2 Å². The summed E-state index contributed by atoms with van der Waals surface area (Å²) in [7, 11) is 0. The van der Waals surface area contributed by atoms with Crippen LogP contribution in [0.3, 0.4) is 0 Å². The zero-order valence-electron chi connectivity index (χ0n) is 10.7. The van der Waals surface area contributed by atoms with Crippen molar-refractivity contribution in [3.8, 4) is 0 Å². The van der Waals surface area contributed by atoms with Crippen molar-refractivity contribution in [2.24, 2.45) is 11.7 Å². The minimum Gasteiger partial charge on any atom is -0.324 e. The van der Waals surface area contributed by atoms with E-state index in [1.54, 1.807) is 0 Å². The topological polar surface area (TPSA) is 26.0 Å². The van der Waals surface area contributed by atoms with Crippen LogP contribution in [0.4, 0.5) is 0 Å². The second-order valence-corrected chi connectivity index (χ2v) is 6.18. The van der Waals surface area contributed by atoms with E-state index in [0.29, 0.717) is 10.0 Å². The number of benzene rings is 1. The van der Waals surface area contributed by atoms with Crippen molar-refractivity contribution in [3.05, 3.63) is 33.8 Å². The minimum absolute atomic E-state index is 0.0849. The van der Waals surface area contributed by atoms with Gasteiger partial charge < -0.3 is 5.73 Å². The maximum atomic E-state index is 6.23. The van der Waals surface area contributed by atoms with Gasteiger partial charge >= 0.3 is 0 Å². The highest BCUT2D eigenvalue weighted by Crippen LogP contribution is 2.31. The van der Waals surface area contributed by atoms with Gasteiger partial charge in [0.1, 0.15) is 0 Å². The number of nitrogens with two attached hydrogens (primary N) is 1. The molecule has 1 fully saturated rings. The Bertz CT molecular complexity index is 386. The highest BCUT2D eigenvalue weighted by Gasteiger charge is 2.15. The minimum atomic E-state index is 0.0849. The fourth-order valence-electron chi connectivity index (χ4n) is 2.80. The van der Waals surface area contributed by atoms with Gasteiger partial charge in [-0.3, -0.25) is 0 Å². The van der Waals surface area contributed by atoms with Gasteiger partial charge in [0.25, 0.3) is 0 Å². The van der Waals surface area contributed by atoms with Crippen LogP contribution in [-0.2, 0) is 0 Å². The molecule has 1 aromatic rings. The van der Waals surface area contributed by atoms with Crippen molar-refractivity contribution < 1.29 is 0 Å². The molecule has 1 aliphatic rings. The average molecular weight is 286 g/mol. The molecule has 1 atom stereocenters. The van der Waals surface area contributed by atoms with Crippen LogP contribution in [0.2, 0.25) is 10.0 Å². The molecule has 1 saturated carbocycles. The lowest BCUT2D eigenvalue weighted by molar-refractivity contribution is 0.324. The second kappa shape index (κ2) is 6.79. The largest absolute Gasteiger partial charge is 0.324 e. The lowest BCUT2D eigenvalue weighted by Crippen LogP contribution is -2.14. The highest BCUT2D eigenvalue weighted by molar-refractivity contribution is 6.42. The smallest absolute Gasteiger partial charge is 0.0595 e. The van der Waals surface area contributed by atoms with Gasteiger partial charge in [-0.25, -0.2) is 0 Å². The number of hydrogen-bond donors (Lipinski definition) is 1. The van der Waals surface area contributed by atoms with Crippen molar-refractivity contribution in [2.45, 2.75) is 51.0 Å². The molecular formula is C15H21Cl2N. The molecule has 2 rings (SSSR count). The van der Waals surface area contributed by atoms with Crippen molar-refractivity contribution in [2.75, 3.05) is 0 Å². The van der Waals surface area contributed by atoms with Gasteiger partial charge in [-0.1, -0.05) is 61.4 Å². The van der Waals surface area contributed by atoms with E-state index < -0.39 is 0 Å². The first-order valence-electron chi connectivity index (χ1n) is 6.87. The summed E-state index contributed by atoms with van der Waals surface area (Å²) in [6.07, 6.45) is 9.25. The van der Waals surface area contributed by atoms with E-state index in [0.717, 1.165) is 17.9 Å². The lowest BCUT2D eigenvalue weighted by atomic mass is 9.84. The molecule has 0 aromatic heterocycles. The summed E-state index contributed by atoms with van der Waals surface area (Å²) < 4.78 is 0. The Kier molecular flexibility index (Phi) is 5.35. The molecule has 1 unspecified atom stereocenters. The van der Waals surface area contributed by atoms with Crippen molar-refractivity contribution in [1.82, 2.24) is 0 Å². The van der Waals surface area contributed by atoms with Crippen LogP contribution < -0.4 is 5.73 Å². The molecule has 0 heterocycles. The second-order valence-electron chi connectivity index (χ2n) is 5.36. The van der Waals surface area contributed by atoms with E-state index in [-0.39, 0.29) is 6.04 Å². The van der Waals surface area contributed by atoms with Crippen LogP contribution in [0, 0.1) is 5.92 Å². The zero-order chi connectivity index (χ0) is 13.0. The van der Waals surface area contributed by atoms with Gasteiger partial charge in [-0.15, -0.1) is 0 Å². The predicted molar refractivity (Wildman–Crippen MR) is 79.2 cm³/mol. The Morgan fingerprint density at radius 1 is 1.11 bits per heavy atom. The van der Waals surface area contributed by atoms with E-state index in [2.05, 4.69) is 0 Å². The van der Waals surface area contributed by atoms with Crippen LogP contribution in [0.1, 0.15) is 56.6 Å². The average Bonchev–Trinajstić information content (AvgIpc) is 2.40. The molecule has 0 saturated heterocycles. The van der Waals surface area contributed by atoms with Gasteiger partial charge in [-0.05, 0) is 36.5 Å². The predicted octanol–water partition coefficient (Wildman–Crippen LogP) is 5.35. The first-order valence-corrected chi connectivity index (χ1v) is 7.63.